The number of ether oxygens (including phenoxy) is 2. The highest BCUT2D eigenvalue weighted by molar-refractivity contribution is 8.15. The molecule has 3 aromatic carbocycles. The summed E-state index contributed by atoms with van der Waals surface area (Å²) in [7, 11) is 0. The largest absolute Gasteiger partial charge is 0.493 e. The Bertz CT molecular complexity index is 1120. The van der Waals surface area contributed by atoms with Gasteiger partial charge in [0.25, 0.3) is 5.24 Å². The highest BCUT2D eigenvalue weighted by atomic mass is 32.2. The van der Waals surface area contributed by atoms with Gasteiger partial charge in [0.1, 0.15) is 22.5 Å². The molecule has 3 aromatic rings. The maximum atomic E-state index is 11.8. The number of nitrogens with one attached hydrogen (secondary N) is 1. The molecule has 0 spiro atoms. The number of thioether (sulfide) groups is 1. The number of unbranched alkanes of at least 4 members (excludes halogenated alkanes) is 1. The summed E-state index contributed by atoms with van der Waals surface area (Å²) in [4.78, 5) is 23.2. The van der Waals surface area contributed by atoms with E-state index >= 15 is 0 Å². The van der Waals surface area contributed by atoms with Crippen LogP contribution in [0.15, 0.2) is 72.8 Å². The second-order valence-corrected chi connectivity index (χ2v) is 9.33. The van der Waals surface area contributed by atoms with Crippen molar-refractivity contribution in [3.05, 3.63) is 89.5 Å². The zero-order chi connectivity index (χ0) is 23.8. The van der Waals surface area contributed by atoms with E-state index in [-0.39, 0.29) is 11.1 Å². The van der Waals surface area contributed by atoms with Gasteiger partial charge in [-0.25, -0.2) is 0 Å². The number of hydrogen-bond donors (Lipinski definition) is 1. The molecule has 1 unspecified atom stereocenters. The molecular formula is C28H29NO4S. The second kappa shape index (κ2) is 11.7. The third kappa shape index (κ3) is 6.41. The second-order valence-electron chi connectivity index (χ2n) is 8.26. The van der Waals surface area contributed by atoms with Crippen molar-refractivity contribution in [1.29, 1.82) is 0 Å². The number of aryl methyl sites for hydroxylation is 2. The van der Waals surface area contributed by atoms with Crippen molar-refractivity contribution in [2.75, 3.05) is 6.61 Å². The quantitative estimate of drug-likeness (QED) is 0.307. The van der Waals surface area contributed by atoms with E-state index in [4.69, 9.17) is 9.47 Å². The minimum absolute atomic E-state index is 0.234. The van der Waals surface area contributed by atoms with E-state index in [0.29, 0.717) is 6.61 Å². The van der Waals surface area contributed by atoms with Gasteiger partial charge in [-0.05, 0) is 84.5 Å². The van der Waals surface area contributed by atoms with E-state index in [9.17, 15) is 9.59 Å². The predicted octanol–water partition coefficient (Wildman–Crippen LogP) is 6.86. The van der Waals surface area contributed by atoms with Crippen molar-refractivity contribution in [1.82, 2.24) is 5.32 Å². The van der Waals surface area contributed by atoms with Gasteiger partial charge in [0, 0.05) is 0 Å². The lowest BCUT2D eigenvalue weighted by atomic mass is 10.0. The number of imide groups is 1. The molecule has 176 valence electrons. The molecule has 5 nitrogen and oxygen atoms in total. The fourth-order valence-electron chi connectivity index (χ4n) is 3.90. The highest BCUT2D eigenvalue weighted by Gasteiger charge is 2.32. The lowest BCUT2D eigenvalue weighted by molar-refractivity contribution is -0.119. The predicted molar refractivity (Wildman–Crippen MR) is 136 cm³/mol. The Labute approximate surface area is 204 Å². The third-order valence-electron chi connectivity index (χ3n) is 5.62. The number of para-hydroxylation sites is 1. The number of hydrogen-bond acceptors (Lipinski definition) is 5. The van der Waals surface area contributed by atoms with Gasteiger partial charge in [0.05, 0.1) is 6.61 Å². The molecule has 0 bridgehead atoms. The van der Waals surface area contributed by atoms with Crippen LogP contribution < -0.4 is 14.8 Å². The van der Waals surface area contributed by atoms with Crippen molar-refractivity contribution in [2.45, 2.75) is 44.3 Å². The molecule has 34 heavy (non-hydrogen) atoms. The molecule has 6 heteroatoms. The summed E-state index contributed by atoms with van der Waals surface area (Å²) in [6.07, 6.45) is 4.88. The van der Waals surface area contributed by atoms with Crippen LogP contribution in [0.1, 0.15) is 48.1 Å². The van der Waals surface area contributed by atoms with Gasteiger partial charge in [0.15, 0.2) is 0 Å². The van der Waals surface area contributed by atoms with Gasteiger partial charge >= 0.3 is 0 Å². The maximum Gasteiger partial charge on any atom is 0.286 e. The van der Waals surface area contributed by atoms with Crippen LogP contribution in [0, 0.1) is 0 Å². The van der Waals surface area contributed by atoms with Crippen LogP contribution in [0.4, 0.5) is 4.79 Å². The molecule has 1 aliphatic heterocycles. The zero-order valence-electron chi connectivity index (χ0n) is 19.3. The van der Waals surface area contributed by atoms with E-state index < -0.39 is 5.25 Å². The first-order valence-corrected chi connectivity index (χ1v) is 12.6. The number of amides is 2. The topological polar surface area (TPSA) is 64.6 Å². The summed E-state index contributed by atoms with van der Waals surface area (Å²) >= 11 is 1.04. The van der Waals surface area contributed by atoms with Crippen molar-refractivity contribution in [3.8, 4) is 17.2 Å². The van der Waals surface area contributed by atoms with E-state index in [1.807, 2.05) is 66.7 Å². The van der Waals surface area contributed by atoms with Crippen LogP contribution in [0.2, 0.25) is 0 Å². The Kier molecular flexibility index (Phi) is 8.26. The van der Waals surface area contributed by atoms with Gasteiger partial charge in [-0.3, -0.25) is 14.9 Å². The van der Waals surface area contributed by atoms with E-state index in [2.05, 4.69) is 18.3 Å². The average Bonchev–Trinajstić information content (AvgIpc) is 3.19. The Morgan fingerprint density at radius 1 is 0.882 bits per heavy atom. The standard InChI is InChI=1S/C28H29NO4S/c1-2-8-22-19-24(33-23-10-4-3-5-11-23)16-17-25(22)32-18-7-6-9-20-12-14-21(15-13-20)26-27(30)29-28(31)34-26/h3-5,10-17,19,26H,2,6-9,18H2,1H3,(H,29,30,31). The lowest BCUT2D eigenvalue weighted by Gasteiger charge is -2.14. The molecule has 1 N–H and O–H groups in total. The Morgan fingerprint density at radius 3 is 2.38 bits per heavy atom. The summed E-state index contributed by atoms with van der Waals surface area (Å²) in [5.74, 6) is 2.34. The monoisotopic (exact) mass is 475 g/mol. The molecule has 0 radical (unpaired) electrons. The van der Waals surface area contributed by atoms with E-state index in [0.717, 1.165) is 66.7 Å². The van der Waals surface area contributed by atoms with Crippen molar-refractivity contribution >= 4 is 22.9 Å². The molecule has 4 rings (SSSR count). The minimum atomic E-state index is -0.434. The molecule has 0 aromatic heterocycles. The first-order valence-electron chi connectivity index (χ1n) is 11.7. The average molecular weight is 476 g/mol. The van der Waals surface area contributed by atoms with Crippen LogP contribution in [0.5, 0.6) is 17.2 Å². The van der Waals surface area contributed by atoms with Crippen LogP contribution in [0.3, 0.4) is 0 Å². The van der Waals surface area contributed by atoms with Crippen molar-refractivity contribution in [2.24, 2.45) is 0 Å². The number of carbonyl (C=O) groups is 2. The minimum Gasteiger partial charge on any atom is -0.493 e. The highest BCUT2D eigenvalue weighted by Crippen LogP contribution is 2.34. The van der Waals surface area contributed by atoms with Gasteiger partial charge in [0.2, 0.25) is 5.91 Å². The summed E-state index contributed by atoms with van der Waals surface area (Å²) < 4.78 is 12.1. The van der Waals surface area contributed by atoms with Crippen LogP contribution in [-0.2, 0) is 17.6 Å². The van der Waals surface area contributed by atoms with E-state index in [1.54, 1.807) is 0 Å². The molecule has 1 saturated heterocycles. The Morgan fingerprint density at radius 2 is 1.68 bits per heavy atom. The van der Waals surface area contributed by atoms with Crippen molar-refractivity contribution in [3.63, 3.8) is 0 Å². The van der Waals surface area contributed by atoms with Gasteiger partial charge in [-0.15, -0.1) is 0 Å². The lowest BCUT2D eigenvalue weighted by Crippen LogP contribution is -2.20. The van der Waals surface area contributed by atoms with Gasteiger partial charge in [-0.2, -0.15) is 0 Å². The summed E-state index contributed by atoms with van der Waals surface area (Å²) in [5.41, 5.74) is 3.25. The first-order chi connectivity index (χ1) is 16.6. The third-order valence-corrected chi connectivity index (χ3v) is 6.66. The number of benzene rings is 3. The summed E-state index contributed by atoms with van der Waals surface area (Å²) in [6, 6.07) is 23.8. The first kappa shape index (κ1) is 23.9. The van der Waals surface area contributed by atoms with Crippen LogP contribution >= 0.6 is 11.8 Å². The number of rotatable bonds is 11. The van der Waals surface area contributed by atoms with Crippen LogP contribution in [-0.4, -0.2) is 17.8 Å². The van der Waals surface area contributed by atoms with Crippen molar-refractivity contribution < 1.29 is 19.1 Å². The SMILES string of the molecule is CCCc1cc(Oc2ccccc2)ccc1OCCCCc1ccc(C2SC(=O)NC2=O)cc1. The van der Waals surface area contributed by atoms with Crippen LogP contribution in [0.25, 0.3) is 0 Å². The van der Waals surface area contributed by atoms with Gasteiger partial charge in [-0.1, -0.05) is 55.8 Å². The molecule has 1 atom stereocenters. The molecule has 0 aliphatic carbocycles. The Balaban J connectivity index is 1.24. The smallest absolute Gasteiger partial charge is 0.286 e. The molecular weight excluding hydrogens is 446 g/mol. The van der Waals surface area contributed by atoms with E-state index in [1.165, 1.54) is 11.1 Å². The summed E-state index contributed by atoms with van der Waals surface area (Å²) in [5, 5.41) is 1.62. The number of carbonyl (C=O) groups excluding carboxylic acids is 2. The Hall–Kier alpha value is -3.25. The zero-order valence-corrected chi connectivity index (χ0v) is 20.1. The molecule has 1 heterocycles. The fourth-order valence-corrected chi connectivity index (χ4v) is 4.73. The normalized spacial score (nSPS) is 15.3. The molecule has 1 fully saturated rings. The molecule has 1 aliphatic rings. The molecule has 0 saturated carbocycles. The fraction of sp³-hybridized carbons (Fsp3) is 0.286. The maximum absolute atomic E-state index is 11.8. The van der Waals surface area contributed by atoms with Gasteiger partial charge < -0.3 is 9.47 Å². The summed E-state index contributed by atoms with van der Waals surface area (Å²) in [6.45, 7) is 2.82. The molecule has 2 amide bonds.